The van der Waals surface area contributed by atoms with Crippen molar-refractivity contribution >= 4 is 67.1 Å². The molecule has 166 valence electrons. The van der Waals surface area contributed by atoms with Crippen LogP contribution in [0.15, 0.2) is 120 Å². The van der Waals surface area contributed by atoms with E-state index in [1.807, 2.05) is 97.1 Å². The van der Waals surface area contributed by atoms with Gasteiger partial charge in [0.2, 0.25) is 0 Å². The molecule has 1 amide bonds. The van der Waals surface area contributed by atoms with Crippen molar-refractivity contribution in [3.63, 3.8) is 0 Å². The normalized spacial score (nSPS) is 10.7. The first-order chi connectivity index (χ1) is 16.6. The van der Waals surface area contributed by atoms with Crippen molar-refractivity contribution in [3.05, 3.63) is 125 Å². The molecular formula is C28H20BrN2OPS. The number of hydrogen-bond donors (Lipinski definition) is 1. The topological polar surface area (TPSA) is 52.9 Å². The molecule has 4 rings (SSSR count). The van der Waals surface area contributed by atoms with E-state index in [0.29, 0.717) is 15.3 Å². The smallest absolute Gasteiger partial charge is 0.257 e. The first kappa shape index (κ1) is 23.9. The molecule has 4 aromatic carbocycles. The van der Waals surface area contributed by atoms with Gasteiger partial charge in [-0.05, 0) is 50.9 Å². The number of nitrogens with one attached hydrogen (secondary N) is 1. The van der Waals surface area contributed by atoms with E-state index < -0.39 is 6.89 Å². The van der Waals surface area contributed by atoms with Crippen molar-refractivity contribution in [2.75, 3.05) is 0 Å². The van der Waals surface area contributed by atoms with Gasteiger partial charge in [-0.15, -0.1) is 0 Å². The van der Waals surface area contributed by atoms with Crippen LogP contribution in [0.1, 0.15) is 10.4 Å². The lowest BCUT2D eigenvalue weighted by molar-refractivity contribution is 0.0977. The molecule has 0 heterocycles. The monoisotopic (exact) mass is 542 g/mol. The van der Waals surface area contributed by atoms with Crippen molar-refractivity contribution in [1.82, 2.24) is 5.32 Å². The van der Waals surface area contributed by atoms with E-state index in [-0.39, 0.29) is 10.9 Å². The number of amides is 1. The van der Waals surface area contributed by atoms with Crippen LogP contribution in [-0.4, -0.2) is 16.2 Å². The van der Waals surface area contributed by atoms with Crippen molar-refractivity contribution in [1.29, 1.82) is 5.26 Å². The summed E-state index contributed by atoms with van der Waals surface area (Å²) in [5.41, 5.74) is 0.449. The molecule has 0 spiro atoms. The molecule has 0 unspecified atom stereocenters. The van der Waals surface area contributed by atoms with Gasteiger partial charge in [0.1, 0.15) is 11.1 Å². The molecule has 0 saturated heterocycles. The number of rotatable bonds is 5. The van der Waals surface area contributed by atoms with Crippen molar-refractivity contribution in [2.45, 2.75) is 0 Å². The molecule has 0 fully saturated rings. The van der Waals surface area contributed by atoms with E-state index in [1.54, 1.807) is 18.2 Å². The largest absolute Gasteiger partial charge is 0.312 e. The van der Waals surface area contributed by atoms with Gasteiger partial charge >= 0.3 is 0 Å². The third kappa shape index (κ3) is 4.54. The summed E-state index contributed by atoms with van der Waals surface area (Å²) >= 11 is 9.18. The van der Waals surface area contributed by atoms with Crippen LogP contribution in [0, 0.1) is 11.3 Å². The second-order valence-electron chi connectivity index (χ2n) is 7.40. The highest BCUT2D eigenvalue weighted by Crippen LogP contribution is 2.46. The summed E-state index contributed by atoms with van der Waals surface area (Å²) in [6.07, 6.45) is 0. The molecule has 0 aliphatic carbocycles. The van der Waals surface area contributed by atoms with Gasteiger partial charge in [0.15, 0.2) is 0 Å². The summed E-state index contributed by atoms with van der Waals surface area (Å²) in [7, 11) is 0. The minimum atomic E-state index is -2.69. The lowest BCUT2D eigenvalue weighted by Crippen LogP contribution is -2.39. The number of hydrogen-bond acceptors (Lipinski definition) is 3. The van der Waals surface area contributed by atoms with Gasteiger partial charge in [0.05, 0.1) is 10.9 Å². The maximum Gasteiger partial charge on any atom is 0.257 e. The van der Waals surface area contributed by atoms with Crippen LogP contribution in [0.5, 0.6) is 0 Å². The maximum atomic E-state index is 13.1. The average molecular weight is 543 g/mol. The van der Waals surface area contributed by atoms with Gasteiger partial charge in [-0.25, -0.2) is 0 Å². The fourth-order valence-electron chi connectivity index (χ4n) is 3.94. The fraction of sp³-hybridized carbons (Fsp3) is 0. The van der Waals surface area contributed by atoms with Crippen LogP contribution in [0.2, 0.25) is 0 Å². The minimum absolute atomic E-state index is 0.133. The molecule has 4 aromatic rings. The van der Waals surface area contributed by atoms with E-state index in [0.717, 1.165) is 15.9 Å². The summed E-state index contributed by atoms with van der Waals surface area (Å²) in [5.74, 6) is -0.363. The van der Waals surface area contributed by atoms with Crippen LogP contribution in [-0.2, 0) is 0 Å². The number of benzene rings is 4. The Bertz CT molecular complexity index is 1330. The third-order valence-corrected chi connectivity index (χ3v) is 10.8. The van der Waals surface area contributed by atoms with Gasteiger partial charge in [0.25, 0.3) is 5.91 Å². The van der Waals surface area contributed by atoms with Crippen LogP contribution in [0.25, 0.3) is 0 Å². The van der Waals surface area contributed by atoms with E-state index in [1.165, 1.54) is 0 Å². The first-order valence-corrected chi connectivity index (χ1v) is 13.5. The lowest BCUT2D eigenvalue weighted by Gasteiger charge is -2.30. The van der Waals surface area contributed by atoms with Crippen molar-refractivity contribution < 1.29 is 4.79 Å². The maximum absolute atomic E-state index is 13.1. The predicted octanol–water partition coefficient (Wildman–Crippen LogP) is 5.20. The first-order valence-electron chi connectivity index (χ1n) is 10.5. The Morgan fingerprint density at radius 3 is 1.56 bits per heavy atom. The number of halogens is 1. The summed E-state index contributed by atoms with van der Waals surface area (Å²) < 4.78 is 0.657. The Balaban J connectivity index is 2.02. The summed E-state index contributed by atoms with van der Waals surface area (Å²) in [4.78, 5) is 13.2. The van der Waals surface area contributed by atoms with Gasteiger partial charge in [-0.2, -0.15) is 5.26 Å². The van der Waals surface area contributed by atoms with Crippen LogP contribution < -0.4 is 21.2 Å². The standard InChI is InChI=1S/C28H20BrN2OPS/c29-25-19-11-10-18-24(25)27(32)31-28(34)26(20-30)33(21-12-4-1-5-13-21,22-14-6-2-7-15-22)23-16-8-3-9-17-23/h1-19H,(H,31,32,34). The van der Waals surface area contributed by atoms with E-state index >= 15 is 0 Å². The lowest BCUT2D eigenvalue weighted by atomic mass is 10.2. The fourth-order valence-corrected chi connectivity index (χ4v) is 8.99. The molecule has 6 heteroatoms. The summed E-state index contributed by atoms with van der Waals surface area (Å²) in [6, 6.07) is 39.4. The molecule has 3 nitrogen and oxygen atoms in total. The SMILES string of the molecule is N#CC(C(=S)NC(=O)c1ccccc1Br)=P(c1ccccc1)(c1ccccc1)c1ccccc1. The highest BCUT2D eigenvalue weighted by molar-refractivity contribution is 9.10. The number of nitrogens with zero attached hydrogens (tertiary/aromatic N) is 1. The highest BCUT2D eigenvalue weighted by atomic mass is 79.9. The molecule has 0 aliphatic rings. The average Bonchev–Trinajstić information content (AvgIpc) is 2.89. The van der Waals surface area contributed by atoms with Crippen LogP contribution >= 0.6 is 35.0 Å². The molecule has 0 saturated carbocycles. The Hall–Kier alpha value is -3.29. The second-order valence-corrected chi connectivity index (χ2v) is 12.0. The van der Waals surface area contributed by atoms with E-state index in [9.17, 15) is 10.1 Å². The molecule has 0 radical (unpaired) electrons. The molecule has 0 bridgehead atoms. The van der Waals surface area contributed by atoms with Crippen molar-refractivity contribution in [3.8, 4) is 6.07 Å². The molecule has 0 aromatic heterocycles. The van der Waals surface area contributed by atoms with Gasteiger partial charge in [-0.3, -0.25) is 4.79 Å². The quantitative estimate of drug-likeness (QED) is 0.278. The van der Waals surface area contributed by atoms with Crippen LogP contribution in [0.3, 0.4) is 0 Å². The number of thiocarbonyl (C=S) groups is 1. The zero-order chi connectivity index (χ0) is 24.0. The Kier molecular flexibility index (Phi) is 7.55. The molecule has 34 heavy (non-hydrogen) atoms. The highest BCUT2D eigenvalue weighted by Gasteiger charge is 2.32. The molecule has 0 atom stereocenters. The summed E-state index contributed by atoms with van der Waals surface area (Å²) in [5, 5.41) is 16.7. The van der Waals surface area contributed by atoms with Crippen LogP contribution in [0.4, 0.5) is 0 Å². The number of carbonyl (C=O) groups excluding carboxylic acids is 1. The number of nitriles is 1. The Labute approximate surface area is 213 Å². The number of carbonyl (C=O) groups is 1. The zero-order valence-corrected chi connectivity index (χ0v) is 21.4. The third-order valence-electron chi connectivity index (χ3n) is 5.43. The molecule has 1 N–H and O–H groups in total. The molecule has 0 aliphatic heterocycles. The van der Waals surface area contributed by atoms with E-state index in [2.05, 4.69) is 27.3 Å². The van der Waals surface area contributed by atoms with Gasteiger partial charge in [0, 0.05) is 4.47 Å². The Morgan fingerprint density at radius 1 is 0.735 bits per heavy atom. The van der Waals surface area contributed by atoms with Gasteiger partial charge < -0.3 is 5.32 Å². The summed E-state index contributed by atoms with van der Waals surface area (Å²) in [6.45, 7) is -2.69. The van der Waals surface area contributed by atoms with E-state index in [4.69, 9.17) is 12.2 Å². The second kappa shape index (κ2) is 10.8. The molecular weight excluding hydrogens is 523 g/mol. The minimum Gasteiger partial charge on any atom is -0.312 e. The Morgan fingerprint density at radius 2 is 1.15 bits per heavy atom. The van der Waals surface area contributed by atoms with Gasteiger partial charge in [-0.1, -0.05) is 115 Å². The predicted molar refractivity (Wildman–Crippen MR) is 150 cm³/mol. The van der Waals surface area contributed by atoms with Crippen molar-refractivity contribution in [2.24, 2.45) is 0 Å². The zero-order valence-electron chi connectivity index (χ0n) is 18.1.